The molecule has 0 N–H and O–H groups in total. The van der Waals surface area contributed by atoms with Crippen molar-refractivity contribution < 1.29 is 35.2 Å². The molecule has 0 rings (SSSR count). The summed E-state index contributed by atoms with van der Waals surface area (Å²) in [4.78, 5) is 0. The van der Waals surface area contributed by atoms with Crippen LogP contribution in [0.15, 0.2) is 0 Å². The summed E-state index contributed by atoms with van der Waals surface area (Å²) < 4.78 is 80.6. The quantitative estimate of drug-likeness (QED) is 0.257. The summed E-state index contributed by atoms with van der Waals surface area (Å²) >= 11 is 0. The van der Waals surface area contributed by atoms with E-state index in [1.54, 1.807) is 20.8 Å². The van der Waals surface area contributed by atoms with Crippen molar-refractivity contribution in [1.29, 1.82) is 0 Å². The van der Waals surface area contributed by atoms with Gasteiger partial charge in [0.15, 0.2) is 0 Å². The van der Waals surface area contributed by atoms with Crippen molar-refractivity contribution in [2.45, 2.75) is 71.0 Å². The predicted octanol–water partition coefficient (Wildman–Crippen LogP) is 5.11. The molecule has 0 aromatic heterocycles. The molecule has 0 aromatic carbocycles. The zero-order valence-corrected chi connectivity index (χ0v) is 15.0. The Labute approximate surface area is 135 Å². The van der Waals surface area contributed by atoms with E-state index < -0.39 is 33.4 Å². The molecule has 0 radical (unpaired) electrons. The fourth-order valence-corrected chi connectivity index (χ4v) is 4.70. The Kier molecular flexibility index (Phi) is 10.5. The van der Waals surface area contributed by atoms with Crippen LogP contribution < -0.4 is 0 Å². The predicted molar refractivity (Wildman–Crippen MR) is 79.3 cm³/mol. The van der Waals surface area contributed by atoms with Crippen LogP contribution >= 0.6 is 0 Å². The van der Waals surface area contributed by atoms with Crippen LogP contribution in [0.25, 0.3) is 0 Å². The van der Waals surface area contributed by atoms with E-state index in [4.69, 9.17) is 13.3 Å². The first-order valence-corrected chi connectivity index (χ1v) is 9.73. The molecule has 0 amide bonds. The highest BCUT2D eigenvalue weighted by molar-refractivity contribution is 6.63. The van der Waals surface area contributed by atoms with Crippen LogP contribution in [-0.2, 0) is 13.3 Å². The number of alkyl halides is 5. The third kappa shape index (κ3) is 8.41. The van der Waals surface area contributed by atoms with Crippen LogP contribution in [-0.4, -0.2) is 40.3 Å². The van der Waals surface area contributed by atoms with Crippen LogP contribution in [0.1, 0.15) is 59.3 Å². The van der Waals surface area contributed by atoms with Gasteiger partial charge in [0, 0.05) is 32.7 Å². The van der Waals surface area contributed by atoms with Crippen molar-refractivity contribution in [2.75, 3.05) is 19.8 Å². The molecule has 23 heavy (non-hydrogen) atoms. The van der Waals surface area contributed by atoms with Gasteiger partial charge in [-0.2, -0.15) is 13.2 Å². The van der Waals surface area contributed by atoms with Crippen molar-refractivity contribution >= 4 is 8.80 Å². The molecule has 0 aliphatic heterocycles. The third-order valence-electron chi connectivity index (χ3n) is 3.15. The van der Waals surface area contributed by atoms with Gasteiger partial charge in [-0.3, -0.25) is 0 Å². The van der Waals surface area contributed by atoms with Crippen LogP contribution in [0.3, 0.4) is 0 Å². The lowest BCUT2D eigenvalue weighted by Crippen LogP contribution is -2.61. The summed E-state index contributed by atoms with van der Waals surface area (Å²) in [5.41, 5.74) is -3.25. The maximum absolute atomic E-state index is 14.5. The normalized spacial score (nSPS) is 13.6. The highest BCUT2D eigenvalue weighted by Gasteiger charge is 2.63. The molecule has 0 aliphatic rings. The summed E-state index contributed by atoms with van der Waals surface area (Å²) in [6.07, 6.45) is -4.94. The van der Waals surface area contributed by atoms with Crippen molar-refractivity contribution in [1.82, 2.24) is 0 Å². The second-order valence-electron chi connectivity index (χ2n) is 5.09. The molecule has 0 aliphatic carbocycles. The molecule has 0 aromatic rings. The van der Waals surface area contributed by atoms with Gasteiger partial charge in [-0.25, -0.2) is 8.78 Å². The van der Waals surface area contributed by atoms with Crippen molar-refractivity contribution in [3.8, 4) is 0 Å². The Bertz CT molecular complexity index is 296. The second-order valence-corrected chi connectivity index (χ2v) is 7.80. The molecule has 140 valence electrons. The van der Waals surface area contributed by atoms with E-state index in [2.05, 4.69) is 0 Å². The lowest BCUT2D eigenvalue weighted by Gasteiger charge is -2.34. The van der Waals surface area contributed by atoms with Gasteiger partial charge < -0.3 is 13.3 Å². The topological polar surface area (TPSA) is 27.7 Å². The molecule has 0 unspecified atom stereocenters. The Balaban J connectivity index is 4.48. The Morgan fingerprint density at radius 3 is 1.39 bits per heavy atom. The van der Waals surface area contributed by atoms with Crippen LogP contribution in [0.2, 0.25) is 0 Å². The SMILES string of the molecule is CCO[Si](OCC)(OCC)C(F)(F)CCCCCCC(F)(F)F. The molecule has 0 atom stereocenters. The number of halogens is 5. The van der Waals surface area contributed by atoms with Gasteiger partial charge in [-0.1, -0.05) is 12.8 Å². The molecule has 0 heterocycles. The highest BCUT2D eigenvalue weighted by atomic mass is 28.4. The number of hydrogen-bond acceptors (Lipinski definition) is 3. The Hall–Kier alpha value is -0.253. The molecule has 3 nitrogen and oxygen atoms in total. The lowest BCUT2D eigenvalue weighted by atomic mass is 10.1. The second kappa shape index (κ2) is 10.6. The molecule has 9 heteroatoms. The summed E-state index contributed by atoms with van der Waals surface area (Å²) in [5, 5.41) is 0. The zero-order chi connectivity index (χ0) is 18.0. The van der Waals surface area contributed by atoms with E-state index >= 15 is 0 Å². The fourth-order valence-electron chi connectivity index (χ4n) is 2.19. The van der Waals surface area contributed by atoms with Crippen LogP contribution in [0.5, 0.6) is 0 Å². The highest BCUT2D eigenvalue weighted by Crippen LogP contribution is 2.35. The minimum absolute atomic E-state index is 0.0416. The fraction of sp³-hybridized carbons (Fsp3) is 1.00. The van der Waals surface area contributed by atoms with Crippen molar-refractivity contribution in [2.24, 2.45) is 0 Å². The van der Waals surface area contributed by atoms with E-state index in [1.807, 2.05) is 0 Å². The first kappa shape index (κ1) is 22.7. The Morgan fingerprint density at radius 1 is 0.652 bits per heavy atom. The van der Waals surface area contributed by atoms with Gasteiger partial charge >= 0.3 is 20.5 Å². The lowest BCUT2D eigenvalue weighted by molar-refractivity contribution is -0.135. The first-order chi connectivity index (χ1) is 10.6. The van der Waals surface area contributed by atoms with Gasteiger partial charge in [-0.05, 0) is 33.6 Å². The molecule has 0 spiro atoms. The monoisotopic (exact) mass is 366 g/mol. The van der Waals surface area contributed by atoms with E-state index in [0.717, 1.165) is 0 Å². The van der Waals surface area contributed by atoms with E-state index in [1.165, 1.54) is 0 Å². The van der Waals surface area contributed by atoms with Gasteiger partial charge in [0.2, 0.25) is 0 Å². The summed E-state index contributed by atoms with van der Waals surface area (Å²) in [6, 6.07) is 0. The molecular weight excluding hydrogens is 339 g/mol. The van der Waals surface area contributed by atoms with Gasteiger partial charge in [0.05, 0.1) is 0 Å². The Morgan fingerprint density at radius 2 is 1.04 bits per heavy atom. The van der Waals surface area contributed by atoms with Crippen LogP contribution in [0.4, 0.5) is 22.0 Å². The maximum Gasteiger partial charge on any atom is 0.574 e. The minimum Gasteiger partial charge on any atom is -0.370 e. The first-order valence-electron chi connectivity index (χ1n) is 8.00. The van der Waals surface area contributed by atoms with Crippen molar-refractivity contribution in [3.05, 3.63) is 0 Å². The average molecular weight is 366 g/mol. The summed E-state index contributed by atoms with van der Waals surface area (Å²) in [6.45, 7) is 4.92. The smallest absolute Gasteiger partial charge is 0.370 e. The number of rotatable bonds is 13. The molecule has 0 bridgehead atoms. The van der Waals surface area contributed by atoms with E-state index in [9.17, 15) is 22.0 Å². The van der Waals surface area contributed by atoms with Gasteiger partial charge in [0.1, 0.15) is 0 Å². The third-order valence-corrected chi connectivity index (χ3v) is 6.30. The van der Waals surface area contributed by atoms with E-state index in [0.29, 0.717) is 6.42 Å². The largest absolute Gasteiger partial charge is 0.574 e. The standard InChI is InChI=1S/C14H27F5O3Si/c1-4-20-23(21-5-2,22-6-3)14(18,19)12-10-8-7-9-11-13(15,16)17/h4-12H2,1-3H3. The average Bonchev–Trinajstić information content (AvgIpc) is 2.42. The van der Waals surface area contributed by atoms with Crippen molar-refractivity contribution in [3.63, 3.8) is 0 Å². The van der Waals surface area contributed by atoms with Crippen LogP contribution in [0, 0.1) is 0 Å². The maximum atomic E-state index is 14.5. The summed E-state index contributed by atoms with van der Waals surface area (Å²) in [7, 11) is -4.13. The molecule has 0 saturated heterocycles. The molecule has 0 fully saturated rings. The van der Waals surface area contributed by atoms with E-state index in [-0.39, 0.29) is 39.1 Å². The minimum atomic E-state index is -4.19. The zero-order valence-electron chi connectivity index (χ0n) is 14.0. The number of unbranched alkanes of at least 4 members (excludes halogenated alkanes) is 3. The van der Waals surface area contributed by atoms with Gasteiger partial charge in [-0.15, -0.1) is 0 Å². The molecule has 0 saturated carbocycles. The summed E-state index contributed by atoms with van der Waals surface area (Å²) in [5.74, 6) is 0. The van der Waals surface area contributed by atoms with Gasteiger partial charge in [0.25, 0.3) is 0 Å². The molecular formula is C14H27F5O3Si. The number of hydrogen-bond donors (Lipinski definition) is 0.